The van der Waals surface area contributed by atoms with Gasteiger partial charge in [0.25, 0.3) is 0 Å². The lowest BCUT2D eigenvalue weighted by Gasteiger charge is -2.04. The van der Waals surface area contributed by atoms with Gasteiger partial charge in [-0.3, -0.25) is 0 Å². The van der Waals surface area contributed by atoms with Crippen molar-refractivity contribution in [3.63, 3.8) is 0 Å². The van der Waals surface area contributed by atoms with Crippen molar-refractivity contribution in [1.82, 2.24) is 4.57 Å². The number of nitrogens with two attached hydrogens (primary N) is 1. The molecule has 3 N–H and O–H groups in total. The Hall–Kier alpha value is -1.32. The fourth-order valence-electron chi connectivity index (χ4n) is 2.24. The maximum absolute atomic E-state index is 8.75. The molecule has 2 aromatic rings. The van der Waals surface area contributed by atoms with Crippen molar-refractivity contribution in [1.29, 1.82) is 0 Å². The number of fused-ring (bicyclic) bond motifs is 1. The SMILES string of the molecule is NCc1cn(CCCCCO)c2ccccc12. The summed E-state index contributed by atoms with van der Waals surface area (Å²) >= 11 is 0. The summed E-state index contributed by atoms with van der Waals surface area (Å²) in [7, 11) is 0. The van der Waals surface area contributed by atoms with E-state index >= 15 is 0 Å². The lowest BCUT2D eigenvalue weighted by molar-refractivity contribution is 0.282. The van der Waals surface area contributed by atoms with Crippen LogP contribution >= 0.6 is 0 Å². The van der Waals surface area contributed by atoms with E-state index in [0.717, 1.165) is 25.8 Å². The molecule has 0 unspecified atom stereocenters. The molecule has 17 heavy (non-hydrogen) atoms. The van der Waals surface area contributed by atoms with E-state index in [1.165, 1.54) is 16.5 Å². The average Bonchev–Trinajstić information content (AvgIpc) is 2.73. The van der Waals surface area contributed by atoms with Crippen molar-refractivity contribution < 1.29 is 5.11 Å². The van der Waals surface area contributed by atoms with Crippen LogP contribution in [0.25, 0.3) is 10.9 Å². The quantitative estimate of drug-likeness (QED) is 0.751. The average molecular weight is 232 g/mol. The van der Waals surface area contributed by atoms with Crippen molar-refractivity contribution in [3.8, 4) is 0 Å². The Morgan fingerprint density at radius 3 is 2.71 bits per heavy atom. The molecule has 0 amide bonds. The molecule has 3 heteroatoms. The molecule has 1 aromatic carbocycles. The van der Waals surface area contributed by atoms with E-state index < -0.39 is 0 Å². The van der Waals surface area contributed by atoms with Gasteiger partial charge in [-0.1, -0.05) is 18.2 Å². The third kappa shape index (κ3) is 2.68. The van der Waals surface area contributed by atoms with Gasteiger partial charge in [0.1, 0.15) is 0 Å². The van der Waals surface area contributed by atoms with Crippen molar-refractivity contribution >= 4 is 10.9 Å². The molecule has 3 nitrogen and oxygen atoms in total. The third-order valence-corrected chi connectivity index (χ3v) is 3.15. The summed E-state index contributed by atoms with van der Waals surface area (Å²) in [5.74, 6) is 0. The summed E-state index contributed by atoms with van der Waals surface area (Å²) in [5.41, 5.74) is 8.23. The molecule has 0 bridgehead atoms. The van der Waals surface area contributed by atoms with E-state index in [4.69, 9.17) is 10.8 Å². The van der Waals surface area contributed by atoms with Crippen LogP contribution in [0.1, 0.15) is 24.8 Å². The molecule has 2 rings (SSSR count). The van der Waals surface area contributed by atoms with Gasteiger partial charge < -0.3 is 15.4 Å². The van der Waals surface area contributed by atoms with Crippen LogP contribution in [0.3, 0.4) is 0 Å². The topological polar surface area (TPSA) is 51.2 Å². The first-order chi connectivity index (χ1) is 8.36. The van der Waals surface area contributed by atoms with Crippen LogP contribution in [0.4, 0.5) is 0 Å². The van der Waals surface area contributed by atoms with Crippen LogP contribution in [0.15, 0.2) is 30.5 Å². The molecular weight excluding hydrogens is 212 g/mol. The van der Waals surface area contributed by atoms with E-state index in [1.54, 1.807) is 0 Å². The number of aliphatic hydroxyl groups is 1. The predicted molar refractivity (Wildman–Crippen MR) is 70.8 cm³/mol. The maximum atomic E-state index is 8.75. The second-order valence-corrected chi connectivity index (χ2v) is 4.35. The van der Waals surface area contributed by atoms with Gasteiger partial charge in [-0.25, -0.2) is 0 Å². The van der Waals surface area contributed by atoms with Gasteiger partial charge in [-0.15, -0.1) is 0 Å². The first kappa shape index (κ1) is 12.1. The van der Waals surface area contributed by atoms with Gasteiger partial charge in [-0.05, 0) is 30.9 Å². The highest BCUT2D eigenvalue weighted by molar-refractivity contribution is 5.83. The van der Waals surface area contributed by atoms with E-state index in [-0.39, 0.29) is 0 Å². The number of hydrogen-bond acceptors (Lipinski definition) is 2. The maximum Gasteiger partial charge on any atom is 0.0483 e. The monoisotopic (exact) mass is 232 g/mol. The Morgan fingerprint density at radius 2 is 1.94 bits per heavy atom. The summed E-state index contributed by atoms with van der Waals surface area (Å²) in [4.78, 5) is 0. The zero-order valence-corrected chi connectivity index (χ0v) is 10.1. The van der Waals surface area contributed by atoms with Crippen LogP contribution in [0, 0.1) is 0 Å². The predicted octanol–water partition coefficient (Wildman–Crippen LogP) is 2.26. The standard InChI is InChI=1S/C14H20N2O/c15-10-12-11-16(8-4-1-5-9-17)14-7-3-2-6-13(12)14/h2-3,6-7,11,17H,1,4-5,8-10,15H2. The van der Waals surface area contributed by atoms with Crippen molar-refractivity contribution in [2.75, 3.05) is 6.61 Å². The van der Waals surface area contributed by atoms with Crippen LogP contribution in [-0.4, -0.2) is 16.3 Å². The van der Waals surface area contributed by atoms with E-state index in [9.17, 15) is 0 Å². The molecule has 0 aliphatic carbocycles. The minimum absolute atomic E-state index is 0.292. The van der Waals surface area contributed by atoms with E-state index in [2.05, 4.69) is 35.0 Å². The summed E-state index contributed by atoms with van der Waals surface area (Å²) in [5, 5.41) is 10.0. The lowest BCUT2D eigenvalue weighted by Crippen LogP contribution is -1.97. The van der Waals surface area contributed by atoms with Gasteiger partial charge in [0, 0.05) is 36.8 Å². The number of para-hydroxylation sites is 1. The molecule has 0 atom stereocenters. The van der Waals surface area contributed by atoms with Crippen molar-refractivity contribution in [3.05, 3.63) is 36.0 Å². The van der Waals surface area contributed by atoms with Crippen LogP contribution in [0.5, 0.6) is 0 Å². The van der Waals surface area contributed by atoms with Gasteiger partial charge in [-0.2, -0.15) is 0 Å². The summed E-state index contributed by atoms with van der Waals surface area (Å²) in [6.45, 7) is 1.88. The normalized spacial score (nSPS) is 11.2. The number of aryl methyl sites for hydroxylation is 1. The van der Waals surface area contributed by atoms with Crippen molar-refractivity contribution in [2.45, 2.75) is 32.4 Å². The summed E-state index contributed by atoms with van der Waals surface area (Å²) in [6, 6.07) is 8.38. The fraction of sp³-hybridized carbons (Fsp3) is 0.429. The molecule has 0 aliphatic rings. The molecular formula is C14H20N2O. The first-order valence-corrected chi connectivity index (χ1v) is 6.24. The molecule has 0 fully saturated rings. The molecule has 0 aliphatic heterocycles. The number of unbranched alkanes of at least 4 members (excludes halogenated alkanes) is 2. The number of rotatable bonds is 6. The van der Waals surface area contributed by atoms with Gasteiger partial charge >= 0.3 is 0 Å². The largest absolute Gasteiger partial charge is 0.396 e. The molecule has 0 saturated heterocycles. The number of nitrogens with zero attached hydrogens (tertiary/aromatic N) is 1. The Kier molecular flexibility index (Phi) is 4.18. The van der Waals surface area contributed by atoms with Crippen LogP contribution in [0.2, 0.25) is 0 Å². The Morgan fingerprint density at radius 1 is 1.12 bits per heavy atom. The zero-order chi connectivity index (χ0) is 12.1. The molecule has 1 aromatic heterocycles. The van der Waals surface area contributed by atoms with E-state index in [0.29, 0.717) is 13.2 Å². The molecule has 1 heterocycles. The number of aliphatic hydroxyl groups excluding tert-OH is 1. The van der Waals surface area contributed by atoms with Gasteiger partial charge in [0.15, 0.2) is 0 Å². The Labute approximate surface area is 102 Å². The highest BCUT2D eigenvalue weighted by atomic mass is 16.2. The molecule has 0 spiro atoms. The van der Waals surface area contributed by atoms with Gasteiger partial charge in [0.2, 0.25) is 0 Å². The molecule has 0 radical (unpaired) electrons. The van der Waals surface area contributed by atoms with E-state index in [1.807, 2.05) is 0 Å². The van der Waals surface area contributed by atoms with Crippen molar-refractivity contribution in [2.24, 2.45) is 5.73 Å². The number of benzene rings is 1. The fourth-order valence-corrected chi connectivity index (χ4v) is 2.24. The Balaban J connectivity index is 2.16. The first-order valence-electron chi connectivity index (χ1n) is 6.24. The third-order valence-electron chi connectivity index (χ3n) is 3.15. The Bertz CT molecular complexity index is 476. The summed E-state index contributed by atoms with van der Waals surface area (Å²) in [6.07, 6.45) is 5.22. The minimum Gasteiger partial charge on any atom is -0.396 e. The lowest BCUT2D eigenvalue weighted by atomic mass is 10.2. The highest BCUT2D eigenvalue weighted by Gasteiger charge is 2.05. The zero-order valence-electron chi connectivity index (χ0n) is 10.1. The van der Waals surface area contributed by atoms with Crippen LogP contribution < -0.4 is 5.73 Å². The number of aromatic nitrogens is 1. The second-order valence-electron chi connectivity index (χ2n) is 4.35. The smallest absolute Gasteiger partial charge is 0.0483 e. The second kappa shape index (κ2) is 5.84. The molecule has 0 saturated carbocycles. The van der Waals surface area contributed by atoms with Crippen LogP contribution in [-0.2, 0) is 13.1 Å². The number of hydrogen-bond donors (Lipinski definition) is 2. The van der Waals surface area contributed by atoms with Gasteiger partial charge in [0.05, 0.1) is 0 Å². The summed E-state index contributed by atoms with van der Waals surface area (Å²) < 4.78 is 2.27. The highest BCUT2D eigenvalue weighted by Crippen LogP contribution is 2.21. The minimum atomic E-state index is 0.292. The molecule has 92 valence electrons.